The van der Waals surface area contributed by atoms with E-state index in [9.17, 15) is 18.0 Å². The lowest BCUT2D eigenvalue weighted by Crippen LogP contribution is -2.29. The van der Waals surface area contributed by atoms with Crippen molar-refractivity contribution in [3.63, 3.8) is 0 Å². The van der Waals surface area contributed by atoms with Gasteiger partial charge in [-0.05, 0) is 13.0 Å². The highest BCUT2D eigenvalue weighted by Crippen LogP contribution is 2.33. The van der Waals surface area contributed by atoms with Gasteiger partial charge in [-0.1, -0.05) is 6.92 Å². The summed E-state index contributed by atoms with van der Waals surface area (Å²) >= 11 is 0. The maximum atomic E-state index is 12.6. The summed E-state index contributed by atoms with van der Waals surface area (Å²) in [6.07, 6.45) is -4.50. The van der Waals surface area contributed by atoms with E-state index >= 15 is 0 Å². The molecule has 0 N–H and O–H groups in total. The highest BCUT2D eigenvalue weighted by Gasteiger charge is 2.36. The maximum Gasteiger partial charge on any atom is 0.416 e. The van der Waals surface area contributed by atoms with Gasteiger partial charge in [-0.15, -0.1) is 4.73 Å². The van der Waals surface area contributed by atoms with Crippen LogP contribution in [0.4, 0.5) is 13.2 Å². The smallest absolute Gasteiger partial charge is 0.410 e. The molecule has 0 saturated heterocycles. The zero-order valence-electron chi connectivity index (χ0n) is 8.76. The average molecular weight is 233 g/mol. The molecule has 0 amide bonds. The Morgan fingerprint density at radius 2 is 2.12 bits per heavy atom. The second kappa shape index (κ2) is 3.26. The fraction of sp³-hybridized carbons (Fsp3) is 0.500. The van der Waals surface area contributed by atoms with E-state index < -0.39 is 17.3 Å². The van der Waals surface area contributed by atoms with Gasteiger partial charge in [0.15, 0.2) is 0 Å². The lowest BCUT2D eigenvalue weighted by atomic mass is 10.0. The minimum Gasteiger partial charge on any atom is -0.410 e. The fourth-order valence-corrected chi connectivity index (χ4v) is 1.74. The Morgan fingerprint density at radius 3 is 2.69 bits per heavy atom. The molecule has 3 nitrogen and oxygen atoms in total. The van der Waals surface area contributed by atoms with Gasteiger partial charge in [-0.25, -0.2) is 0 Å². The first-order valence-corrected chi connectivity index (χ1v) is 4.79. The molecule has 1 aliphatic heterocycles. The minimum atomic E-state index is -4.50. The summed E-state index contributed by atoms with van der Waals surface area (Å²) in [5.41, 5.74) is -1.65. The fourth-order valence-electron chi connectivity index (χ4n) is 1.74. The molecule has 1 aliphatic rings. The third kappa shape index (κ3) is 1.48. The third-order valence-corrected chi connectivity index (χ3v) is 2.70. The van der Waals surface area contributed by atoms with Gasteiger partial charge < -0.3 is 4.84 Å². The molecule has 0 bridgehead atoms. The van der Waals surface area contributed by atoms with Crippen LogP contribution in [-0.2, 0) is 6.18 Å². The highest BCUT2D eigenvalue weighted by atomic mass is 19.4. The Bertz CT molecular complexity index is 490. The first kappa shape index (κ1) is 11.0. The number of pyridine rings is 1. The van der Waals surface area contributed by atoms with Crippen molar-refractivity contribution in [2.24, 2.45) is 0 Å². The van der Waals surface area contributed by atoms with E-state index in [1.807, 2.05) is 0 Å². The lowest BCUT2D eigenvalue weighted by Gasteiger charge is -2.12. The highest BCUT2D eigenvalue weighted by molar-refractivity contribution is 5.31. The number of nitrogens with zero attached hydrogens (tertiary/aromatic N) is 1. The van der Waals surface area contributed by atoms with E-state index in [0.717, 1.165) is 17.7 Å². The van der Waals surface area contributed by atoms with Gasteiger partial charge in [-0.3, -0.25) is 4.79 Å². The zero-order chi connectivity index (χ0) is 12.1. The zero-order valence-corrected chi connectivity index (χ0v) is 8.76. The SMILES string of the molecule is Cc1c(C(F)(F)F)cc2n(c1=O)OCC2C. The summed E-state index contributed by atoms with van der Waals surface area (Å²) in [6.45, 7) is 3.11. The molecule has 1 atom stereocenters. The monoisotopic (exact) mass is 233 g/mol. The quantitative estimate of drug-likeness (QED) is 0.683. The predicted molar refractivity (Wildman–Crippen MR) is 50.3 cm³/mol. The van der Waals surface area contributed by atoms with Crippen molar-refractivity contribution in [3.8, 4) is 0 Å². The van der Waals surface area contributed by atoms with Crippen molar-refractivity contribution in [2.75, 3.05) is 6.61 Å². The first-order valence-electron chi connectivity index (χ1n) is 4.79. The molecule has 88 valence electrons. The number of halogens is 3. The van der Waals surface area contributed by atoms with Crippen LogP contribution in [0.1, 0.15) is 29.7 Å². The van der Waals surface area contributed by atoms with Crippen LogP contribution in [0.2, 0.25) is 0 Å². The Kier molecular flexibility index (Phi) is 2.25. The largest absolute Gasteiger partial charge is 0.416 e. The number of aromatic nitrogens is 1. The van der Waals surface area contributed by atoms with Gasteiger partial charge in [0.1, 0.15) is 6.61 Å². The van der Waals surface area contributed by atoms with E-state index in [1.165, 1.54) is 0 Å². The van der Waals surface area contributed by atoms with Crippen LogP contribution in [-0.4, -0.2) is 11.3 Å². The van der Waals surface area contributed by atoms with Crippen molar-refractivity contribution < 1.29 is 18.0 Å². The van der Waals surface area contributed by atoms with Gasteiger partial charge in [-0.2, -0.15) is 13.2 Å². The molecule has 0 spiro atoms. The van der Waals surface area contributed by atoms with E-state index in [4.69, 9.17) is 4.84 Å². The molecule has 16 heavy (non-hydrogen) atoms. The van der Waals surface area contributed by atoms with Crippen molar-refractivity contribution in [1.29, 1.82) is 0 Å². The Balaban J connectivity index is 2.72. The topological polar surface area (TPSA) is 31.2 Å². The molecular formula is C10H10F3NO2. The lowest BCUT2D eigenvalue weighted by molar-refractivity contribution is -0.138. The third-order valence-electron chi connectivity index (χ3n) is 2.70. The van der Waals surface area contributed by atoms with Gasteiger partial charge in [0.25, 0.3) is 5.56 Å². The molecule has 1 unspecified atom stereocenters. The molecule has 0 aromatic carbocycles. The van der Waals surface area contributed by atoms with Gasteiger partial charge in [0, 0.05) is 11.5 Å². The van der Waals surface area contributed by atoms with E-state index in [-0.39, 0.29) is 23.8 Å². The van der Waals surface area contributed by atoms with Crippen molar-refractivity contribution in [2.45, 2.75) is 25.9 Å². The number of hydrogen-bond donors (Lipinski definition) is 0. The van der Waals surface area contributed by atoms with Gasteiger partial charge in [0.2, 0.25) is 0 Å². The minimum absolute atomic E-state index is 0.200. The molecule has 6 heteroatoms. The normalized spacial score (nSPS) is 19.4. The average Bonchev–Trinajstić information content (AvgIpc) is 2.52. The number of alkyl halides is 3. The summed E-state index contributed by atoms with van der Waals surface area (Å²) < 4.78 is 38.9. The predicted octanol–water partition coefficient (Wildman–Crippen LogP) is 1.72. The summed E-state index contributed by atoms with van der Waals surface area (Å²) in [5, 5.41) is 0. The van der Waals surface area contributed by atoms with Gasteiger partial charge in [0.05, 0.1) is 11.3 Å². The van der Waals surface area contributed by atoms with Crippen molar-refractivity contribution >= 4 is 0 Å². The Morgan fingerprint density at radius 1 is 1.50 bits per heavy atom. The van der Waals surface area contributed by atoms with Crippen LogP contribution in [0, 0.1) is 6.92 Å². The summed E-state index contributed by atoms with van der Waals surface area (Å²) in [4.78, 5) is 16.6. The summed E-state index contributed by atoms with van der Waals surface area (Å²) in [6, 6.07) is 0.994. The second-order valence-electron chi connectivity index (χ2n) is 3.90. The Labute approximate surface area is 89.4 Å². The van der Waals surface area contributed by atoms with Crippen LogP contribution in [0.25, 0.3) is 0 Å². The van der Waals surface area contributed by atoms with Crippen LogP contribution in [0.15, 0.2) is 10.9 Å². The first-order chi connectivity index (χ1) is 7.32. The van der Waals surface area contributed by atoms with Gasteiger partial charge >= 0.3 is 6.18 Å². The number of fused-ring (bicyclic) bond motifs is 1. The molecule has 2 rings (SSSR count). The molecule has 1 aromatic rings. The molecule has 1 aromatic heterocycles. The summed E-state index contributed by atoms with van der Waals surface area (Å²) in [5.74, 6) is -0.200. The van der Waals surface area contributed by atoms with Crippen molar-refractivity contribution in [1.82, 2.24) is 4.73 Å². The van der Waals surface area contributed by atoms with Crippen LogP contribution in [0.3, 0.4) is 0 Å². The van der Waals surface area contributed by atoms with E-state index in [1.54, 1.807) is 6.92 Å². The number of hydrogen-bond acceptors (Lipinski definition) is 2. The van der Waals surface area contributed by atoms with Crippen LogP contribution >= 0.6 is 0 Å². The molecule has 0 fully saturated rings. The molecule has 0 aliphatic carbocycles. The second-order valence-corrected chi connectivity index (χ2v) is 3.90. The summed E-state index contributed by atoms with van der Waals surface area (Å²) in [7, 11) is 0. The standard InChI is InChI=1S/C10H10F3NO2/c1-5-4-16-14-8(5)3-7(10(11,12)13)6(2)9(14)15/h3,5H,4H2,1-2H3. The van der Waals surface area contributed by atoms with Crippen LogP contribution < -0.4 is 10.4 Å². The van der Waals surface area contributed by atoms with E-state index in [2.05, 4.69) is 0 Å². The number of rotatable bonds is 0. The molecular weight excluding hydrogens is 223 g/mol. The molecule has 0 radical (unpaired) electrons. The van der Waals surface area contributed by atoms with Crippen LogP contribution in [0.5, 0.6) is 0 Å². The van der Waals surface area contributed by atoms with Crippen molar-refractivity contribution in [3.05, 3.63) is 33.2 Å². The van der Waals surface area contributed by atoms with E-state index in [0.29, 0.717) is 0 Å². The Hall–Kier alpha value is -1.46. The maximum absolute atomic E-state index is 12.6. The molecule has 2 heterocycles. The molecule has 0 saturated carbocycles.